The Bertz CT molecular complexity index is 290. The second-order valence-corrected chi connectivity index (χ2v) is 5.24. The van der Waals surface area contributed by atoms with E-state index in [4.69, 9.17) is 17.3 Å². The molecule has 3 heteroatoms. The molecule has 0 heterocycles. The molecule has 0 bridgehead atoms. The number of nitrogens with two attached hydrogens (primary N) is 1. The predicted molar refractivity (Wildman–Crippen MR) is 65.0 cm³/mol. The van der Waals surface area contributed by atoms with Crippen LogP contribution in [0.4, 0.5) is 0 Å². The van der Waals surface area contributed by atoms with Gasteiger partial charge in [0.2, 0.25) is 0 Å². The Balaban J connectivity index is 2.60. The van der Waals surface area contributed by atoms with Crippen LogP contribution in [-0.2, 0) is 0 Å². The van der Waals surface area contributed by atoms with E-state index >= 15 is 0 Å². The summed E-state index contributed by atoms with van der Waals surface area (Å²) in [5, 5.41) is 1.21. The minimum Gasteiger partial charge on any atom is -0.327 e. The van der Waals surface area contributed by atoms with Gasteiger partial charge in [-0.25, -0.2) is 0 Å². The highest BCUT2D eigenvalue weighted by Gasteiger charge is 2.11. The van der Waals surface area contributed by atoms with Crippen molar-refractivity contribution in [3.05, 3.63) is 29.3 Å². The normalized spacial score (nSPS) is 15.1. The fourth-order valence-corrected chi connectivity index (χ4v) is 2.58. The molecule has 1 aromatic carbocycles. The van der Waals surface area contributed by atoms with Gasteiger partial charge in [-0.2, -0.15) is 0 Å². The maximum Gasteiger partial charge on any atom is 0.0417 e. The highest BCUT2D eigenvalue weighted by atomic mass is 35.5. The van der Waals surface area contributed by atoms with E-state index in [1.165, 1.54) is 4.90 Å². The quantitative estimate of drug-likeness (QED) is 0.800. The average Bonchev–Trinajstić information content (AvgIpc) is 2.16. The van der Waals surface area contributed by atoms with Crippen LogP contribution in [0.1, 0.15) is 20.3 Å². The fourth-order valence-electron chi connectivity index (χ4n) is 1.17. The van der Waals surface area contributed by atoms with E-state index < -0.39 is 0 Å². The Morgan fingerprint density at radius 2 is 2.21 bits per heavy atom. The third-order valence-corrected chi connectivity index (χ3v) is 3.67. The van der Waals surface area contributed by atoms with E-state index in [0.29, 0.717) is 5.25 Å². The Kier molecular flexibility index (Phi) is 4.79. The van der Waals surface area contributed by atoms with Crippen molar-refractivity contribution in [2.24, 2.45) is 5.73 Å². The molecule has 1 rings (SSSR count). The molecule has 2 unspecified atom stereocenters. The standard InChI is InChI=1S/C11H16ClNS/c1-3-11(13)8(2)14-10-6-4-5-9(12)7-10/h4-8,11H,3,13H2,1-2H3. The van der Waals surface area contributed by atoms with Crippen LogP contribution in [0.3, 0.4) is 0 Å². The topological polar surface area (TPSA) is 26.0 Å². The van der Waals surface area contributed by atoms with Crippen LogP contribution in [-0.4, -0.2) is 11.3 Å². The maximum absolute atomic E-state index is 5.95. The van der Waals surface area contributed by atoms with Crippen LogP contribution >= 0.6 is 23.4 Å². The zero-order valence-electron chi connectivity index (χ0n) is 8.53. The third kappa shape index (κ3) is 3.52. The molecule has 0 fully saturated rings. The van der Waals surface area contributed by atoms with Crippen molar-refractivity contribution in [1.82, 2.24) is 0 Å². The summed E-state index contributed by atoms with van der Waals surface area (Å²) >= 11 is 7.68. The van der Waals surface area contributed by atoms with Crippen molar-refractivity contribution in [3.63, 3.8) is 0 Å². The highest BCUT2D eigenvalue weighted by Crippen LogP contribution is 2.27. The second kappa shape index (κ2) is 5.64. The average molecular weight is 230 g/mol. The molecule has 0 aliphatic carbocycles. The minimum absolute atomic E-state index is 0.249. The molecule has 0 spiro atoms. The molecule has 0 aromatic heterocycles. The Morgan fingerprint density at radius 1 is 1.50 bits per heavy atom. The molecule has 78 valence electrons. The summed E-state index contributed by atoms with van der Waals surface area (Å²) in [5.74, 6) is 0. The second-order valence-electron chi connectivity index (χ2n) is 3.35. The van der Waals surface area contributed by atoms with Crippen molar-refractivity contribution in [1.29, 1.82) is 0 Å². The molecule has 0 saturated heterocycles. The summed E-state index contributed by atoms with van der Waals surface area (Å²) < 4.78 is 0. The van der Waals surface area contributed by atoms with E-state index in [1.807, 2.05) is 18.2 Å². The molecule has 0 aliphatic heterocycles. The van der Waals surface area contributed by atoms with Crippen molar-refractivity contribution in [2.45, 2.75) is 36.5 Å². The van der Waals surface area contributed by atoms with E-state index in [0.717, 1.165) is 11.4 Å². The first-order valence-electron chi connectivity index (χ1n) is 4.81. The fraction of sp³-hybridized carbons (Fsp3) is 0.455. The van der Waals surface area contributed by atoms with Crippen LogP contribution in [0.2, 0.25) is 5.02 Å². The van der Waals surface area contributed by atoms with Gasteiger partial charge in [-0.05, 0) is 24.6 Å². The van der Waals surface area contributed by atoms with Gasteiger partial charge in [0, 0.05) is 21.2 Å². The van der Waals surface area contributed by atoms with Crippen molar-refractivity contribution >= 4 is 23.4 Å². The lowest BCUT2D eigenvalue weighted by Gasteiger charge is -2.17. The lowest BCUT2D eigenvalue weighted by Crippen LogP contribution is -2.29. The van der Waals surface area contributed by atoms with Crippen LogP contribution in [0.15, 0.2) is 29.2 Å². The molecule has 2 atom stereocenters. The van der Waals surface area contributed by atoms with Crippen LogP contribution in [0.25, 0.3) is 0 Å². The van der Waals surface area contributed by atoms with E-state index in [2.05, 4.69) is 19.9 Å². The van der Waals surface area contributed by atoms with Crippen LogP contribution in [0.5, 0.6) is 0 Å². The van der Waals surface area contributed by atoms with Crippen LogP contribution < -0.4 is 5.73 Å². The lowest BCUT2D eigenvalue weighted by atomic mass is 10.2. The SMILES string of the molecule is CCC(N)C(C)Sc1cccc(Cl)c1. The summed E-state index contributed by atoms with van der Waals surface area (Å²) in [5.41, 5.74) is 5.95. The monoisotopic (exact) mass is 229 g/mol. The molecule has 0 aliphatic rings. The summed E-state index contributed by atoms with van der Waals surface area (Å²) in [6.45, 7) is 4.26. The van der Waals surface area contributed by atoms with Gasteiger partial charge < -0.3 is 5.73 Å². The van der Waals surface area contributed by atoms with Gasteiger partial charge in [0.1, 0.15) is 0 Å². The smallest absolute Gasteiger partial charge is 0.0417 e. The van der Waals surface area contributed by atoms with Crippen molar-refractivity contribution < 1.29 is 0 Å². The molecule has 0 radical (unpaired) electrons. The summed E-state index contributed by atoms with van der Waals surface area (Å²) in [6.07, 6.45) is 1.01. The molecule has 1 nitrogen and oxygen atoms in total. The molecule has 14 heavy (non-hydrogen) atoms. The van der Waals surface area contributed by atoms with E-state index in [9.17, 15) is 0 Å². The lowest BCUT2D eigenvalue weighted by molar-refractivity contribution is 0.642. The molecular formula is C11H16ClNS. The largest absolute Gasteiger partial charge is 0.327 e. The molecular weight excluding hydrogens is 214 g/mol. The maximum atomic E-state index is 5.95. The highest BCUT2D eigenvalue weighted by molar-refractivity contribution is 8.00. The Hall–Kier alpha value is -0.180. The van der Waals surface area contributed by atoms with Crippen LogP contribution in [0, 0.1) is 0 Å². The van der Waals surface area contributed by atoms with Gasteiger partial charge in [-0.3, -0.25) is 0 Å². The van der Waals surface area contributed by atoms with E-state index in [1.54, 1.807) is 11.8 Å². The number of rotatable bonds is 4. The van der Waals surface area contributed by atoms with E-state index in [-0.39, 0.29) is 6.04 Å². The Morgan fingerprint density at radius 3 is 2.79 bits per heavy atom. The van der Waals surface area contributed by atoms with Gasteiger partial charge >= 0.3 is 0 Å². The third-order valence-electron chi connectivity index (χ3n) is 2.19. The number of benzene rings is 1. The number of hydrogen-bond acceptors (Lipinski definition) is 2. The van der Waals surface area contributed by atoms with Gasteiger partial charge in [0.05, 0.1) is 0 Å². The number of hydrogen-bond donors (Lipinski definition) is 1. The molecule has 2 N–H and O–H groups in total. The number of halogens is 1. The zero-order valence-corrected chi connectivity index (χ0v) is 10.1. The summed E-state index contributed by atoms with van der Waals surface area (Å²) in [6, 6.07) is 8.14. The van der Waals surface area contributed by atoms with Crippen molar-refractivity contribution in [2.75, 3.05) is 0 Å². The summed E-state index contributed by atoms with van der Waals surface area (Å²) in [7, 11) is 0. The van der Waals surface area contributed by atoms with Gasteiger partial charge in [-0.15, -0.1) is 11.8 Å². The first kappa shape index (κ1) is 11.9. The zero-order chi connectivity index (χ0) is 10.6. The van der Waals surface area contributed by atoms with Gasteiger partial charge in [0.15, 0.2) is 0 Å². The predicted octanol–water partition coefficient (Wildman–Crippen LogP) is 3.56. The molecule has 0 saturated carbocycles. The first-order valence-corrected chi connectivity index (χ1v) is 6.07. The molecule has 0 amide bonds. The Labute approximate surface area is 95.0 Å². The van der Waals surface area contributed by atoms with Gasteiger partial charge in [-0.1, -0.05) is 31.5 Å². The van der Waals surface area contributed by atoms with Gasteiger partial charge in [0.25, 0.3) is 0 Å². The minimum atomic E-state index is 0.249. The first-order chi connectivity index (χ1) is 6.63. The van der Waals surface area contributed by atoms with Crippen molar-refractivity contribution in [3.8, 4) is 0 Å². The summed E-state index contributed by atoms with van der Waals surface area (Å²) in [4.78, 5) is 1.19. The molecule has 1 aromatic rings. The number of thioether (sulfide) groups is 1.